The number of ether oxygens (including phenoxy) is 2. The van der Waals surface area contributed by atoms with Gasteiger partial charge < -0.3 is 24.8 Å². The van der Waals surface area contributed by atoms with E-state index in [0.717, 1.165) is 10.6 Å². The minimum absolute atomic E-state index is 0.0327. The summed E-state index contributed by atoms with van der Waals surface area (Å²) in [6, 6.07) is 7.00. The quantitative estimate of drug-likeness (QED) is 0.575. The molecule has 2 aliphatic rings. The highest BCUT2D eigenvalue weighted by Crippen LogP contribution is 2.36. The van der Waals surface area contributed by atoms with Crippen molar-refractivity contribution in [2.75, 3.05) is 29.9 Å². The molecule has 1 aromatic heterocycles. The number of anilines is 3. The number of halogens is 1. The van der Waals surface area contributed by atoms with E-state index in [2.05, 4.69) is 10.3 Å². The van der Waals surface area contributed by atoms with Crippen molar-refractivity contribution in [2.45, 2.75) is 51.7 Å². The number of aliphatic hydroxyl groups excluding tert-OH is 1. The average molecular weight is 504 g/mol. The van der Waals surface area contributed by atoms with E-state index in [1.54, 1.807) is 52.1 Å². The second kappa shape index (κ2) is 9.27. The molecule has 2 amide bonds. The minimum atomic E-state index is -1.15. The fraction of sp³-hybridized carbons (Fsp3) is 0.458. The number of carbonyl (C=O) groups is 2. The highest BCUT2D eigenvalue weighted by Gasteiger charge is 2.39. The first-order chi connectivity index (χ1) is 16.4. The molecule has 4 rings (SSSR count). The maximum Gasteiger partial charge on any atom is 0.417 e. The van der Waals surface area contributed by atoms with Gasteiger partial charge in [0.05, 0.1) is 48.9 Å². The van der Waals surface area contributed by atoms with Gasteiger partial charge in [0.2, 0.25) is 0 Å². The summed E-state index contributed by atoms with van der Waals surface area (Å²) in [5.41, 5.74) is 6.46. The molecule has 0 radical (unpaired) electrons. The van der Waals surface area contributed by atoms with Crippen molar-refractivity contribution < 1.29 is 24.2 Å². The highest BCUT2D eigenvalue weighted by molar-refractivity contribution is 6.32. The van der Waals surface area contributed by atoms with Gasteiger partial charge in [-0.1, -0.05) is 11.6 Å². The third-order valence-corrected chi connectivity index (χ3v) is 6.25. The molecule has 1 saturated heterocycles. The molecule has 35 heavy (non-hydrogen) atoms. The van der Waals surface area contributed by atoms with Gasteiger partial charge in [0.25, 0.3) is 5.91 Å². The average Bonchev–Trinajstić information content (AvgIpc) is 3.13. The van der Waals surface area contributed by atoms with Gasteiger partial charge in [0.1, 0.15) is 11.4 Å². The number of imide groups is 1. The van der Waals surface area contributed by atoms with Gasteiger partial charge in [-0.3, -0.25) is 10.5 Å². The summed E-state index contributed by atoms with van der Waals surface area (Å²) in [7, 11) is 0. The van der Waals surface area contributed by atoms with Crippen LogP contribution >= 0.6 is 11.6 Å². The van der Waals surface area contributed by atoms with Crippen molar-refractivity contribution in [3.05, 3.63) is 46.6 Å². The second-order valence-electron chi connectivity index (χ2n) is 9.75. The molecule has 3 heterocycles. The fourth-order valence-corrected chi connectivity index (χ4v) is 4.20. The molecular formula is C24H30ClN5O5. The number of hydrogen-bond acceptors (Lipinski definition) is 9. The van der Waals surface area contributed by atoms with Gasteiger partial charge in [0.15, 0.2) is 5.72 Å². The third kappa shape index (κ3) is 5.20. The number of rotatable bonds is 4. The first kappa shape index (κ1) is 25.2. The van der Waals surface area contributed by atoms with E-state index in [0.29, 0.717) is 47.4 Å². The number of hydrogen-bond donors (Lipinski definition) is 3. The number of aliphatic hydroxyl groups is 1. The molecule has 0 bridgehead atoms. The first-order valence-electron chi connectivity index (χ1n) is 11.3. The van der Waals surface area contributed by atoms with E-state index in [1.807, 2.05) is 11.0 Å². The van der Waals surface area contributed by atoms with Crippen molar-refractivity contribution in [1.82, 2.24) is 9.88 Å². The molecule has 1 aromatic carbocycles. The molecule has 0 saturated carbocycles. The molecular weight excluding hydrogens is 474 g/mol. The predicted molar refractivity (Wildman–Crippen MR) is 132 cm³/mol. The van der Waals surface area contributed by atoms with Gasteiger partial charge in [-0.15, -0.1) is 0 Å². The molecule has 2 aliphatic heterocycles. The fourth-order valence-electron chi connectivity index (χ4n) is 3.98. The number of pyridine rings is 1. The van der Waals surface area contributed by atoms with Crippen LogP contribution in [0.25, 0.3) is 0 Å². The monoisotopic (exact) mass is 503 g/mol. The maximum atomic E-state index is 13.1. The van der Waals surface area contributed by atoms with Crippen LogP contribution in [-0.4, -0.2) is 64.1 Å². The van der Waals surface area contributed by atoms with Crippen LogP contribution in [0.5, 0.6) is 0 Å². The number of benzene rings is 1. The van der Waals surface area contributed by atoms with Gasteiger partial charge in [0, 0.05) is 17.1 Å². The summed E-state index contributed by atoms with van der Waals surface area (Å²) < 4.78 is 10.9. The maximum absolute atomic E-state index is 13.1. The number of nitrogens with two attached hydrogens (primary N) is 1. The number of morpholine rings is 1. The van der Waals surface area contributed by atoms with Crippen LogP contribution in [0.15, 0.2) is 30.5 Å². The molecule has 1 fully saturated rings. The zero-order valence-electron chi connectivity index (χ0n) is 20.2. The number of aromatic nitrogens is 1. The Hall–Kier alpha value is -2.92. The molecule has 2 atom stereocenters. The Morgan fingerprint density at radius 2 is 2.09 bits per heavy atom. The summed E-state index contributed by atoms with van der Waals surface area (Å²) in [4.78, 5) is 33.2. The third-order valence-electron chi connectivity index (χ3n) is 5.90. The van der Waals surface area contributed by atoms with E-state index < -0.39 is 29.4 Å². The number of carbonyl (C=O) groups excluding carboxylic acids is 2. The van der Waals surface area contributed by atoms with Crippen LogP contribution in [0.1, 0.15) is 43.6 Å². The van der Waals surface area contributed by atoms with Gasteiger partial charge in [-0.05, 0) is 52.0 Å². The summed E-state index contributed by atoms with van der Waals surface area (Å²) >= 11 is 6.35. The van der Waals surface area contributed by atoms with Crippen LogP contribution in [0.3, 0.4) is 0 Å². The van der Waals surface area contributed by atoms with Crippen LogP contribution < -0.4 is 16.0 Å². The Balaban J connectivity index is 1.52. The van der Waals surface area contributed by atoms with E-state index >= 15 is 0 Å². The van der Waals surface area contributed by atoms with Crippen molar-refractivity contribution in [2.24, 2.45) is 5.73 Å². The van der Waals surface area contributed by atoms with Crippen molar-refractivity contribution in [1.29, 1.82) is 0 Å². The van der Waals surface area contributed by atoms with Crippen molar-refractivity contribution >= 4 is 40.8 Å². The lowest BCUT2D eigenvalue weighted by atomic mass is 10.1. The lowest BCUT2D eigenvalue weighted by Crippen LogP contribution is -2.63. The number of amides is 2. The Bertz CT molecular complexity index is 1130. The van der Waals surface area contributed by atoms with E-state index in [-0.39, 0.29) is 6.54 Å². The Labute approximate surface area is 208 Å². The van der Waals surface area contributed by atoms with Crippen LogP contribution in [0.4, 0.5) is 22.0 Å². The Morgan fingerprint density at radius 3 is 2.71 bits per heavy atom. The summed E-state index contributed by atoms with van der Waals surface area (Å²) in [6.45, 7) is 8.16. The Morgan fingerprint density at radius 1 is 1.34 bits per heavy atom. The molecule has 2 aromatic rings. The zero-order valence-corrected chi connectivity index (χ0v) is 20.9. The SMILES string of the molecule is CC(O)C1(N)CN(c2ccc(Nc3ccc(Cl)c4c3C(=O)N(C(=O)OC(C)(C)C)C4)nc2)CCO1. The summed E-state index contributed by atoms with van der Waals surface area (Å²) in [6.07, 6.45) is 0.132. The van der Waals surface area contributed by atoms with Gasteiger partial charge in [-0.25, -0.2) is 14.7 Å². The van der Waals surface area contributed by atoms with E-state index in [9.17, 15) is 14.7 Å². The number of nitrogens with zero attached hydrogens (tertiary/aromatic N) is 3. The molecule has 0 aliphatic carbocycles. The first-order valence-corrected chi connectivity index (χ1v) is 11.7. The normalized spacial score (nSPS) is 21.1. The van der Waals surface area contributed by atoms with E-state index in [1.165, 1.54) is 0 Å². The number of fused-ring (bicyclic) bond motifs is 1. The smallest absolute Gasteiger partial charge is 0.417 e. The highest BCUT2D eigenvalue weighted by atomic mass is 35.5. The number of nitrogens with one attached hydrogen (secondary N) is 1. The van der Waals surface area contributed by atoms with Gasteiger partial charge in [-0.2, -0.15) is 0 Å². The molecule has 2 unspecified atom stereocenters. The van der Waals surface area contributed by atoms with Crippen LogP contribution in [0, 0.1) is 0 Å². The minimum Gasteiger partial charge on any atom is -0.443 e. The van der Waals surface area contributed by atoms with Crippen molar-refractivity contribution in [3.63, 3.8) is 0 Å². The molecule has 188 valence electrons. The summed E-state index contributed by atoms with van der Waals surface area (Å²) in [5.74, 6) is 0.0196. The lowest BCUT2D eigenvalue weighted by molar-refractivity contribution is -0.120. The molecule has 0 spiro atoms. The van der Waals surface area contributed by atoms with E-state index in [4.69, 9.17) is 26.8 Å². The predicted octanol–water partition coefficient (Wildman–Crippen LogP) is 3.24. The lowest BCUT2D eigenvalue weighted by Gasteiger charge is -2.42. The molecule has 10 nitrogen and oxygen atoms in total. The van der Waals surface area contributed by atoms with Crippen LogP contribution in [0.2, 0.25) is 5.02 Å². The zero-order chi connectivity index (χ0) is 25.5. The van der Waals surface area contributed by atoms with Crippen LogP contribution in [-0.2, 0) is 16.0 Å². The largest absolute Gasteiger partial charge is 0.443 e. The Kier molecular flexibility index (Phi) is 6.67. The molecule has 11 heteroatoms. The standard InChI is InChI=1S/C24H30ClN5O5/c1-14(31)24(26)13-29(9-10-34-24)15-5-8-19(27-11-15)28-18-7-6-17(25)16-12-30(21(32)20(16)18)22(33)35-23(2,3)4/h5-8,11,14,31H,9-10,12-13,26H2,1-4H3,(H,27,28). The molecule has 4 N–H and O–H groups in total. The van der Waals surface area contributed by atoms with Gasteiger partial charge >= 0.3 is 6.09 Å². The second-order valence-corrected chi connectivity index (χ2v) is 10.2. The summed E-state index contributed by atoms with van der Waals surface area (Å²) in [5, 5.41) is 13.5. The topological polar surface area (TPSA) is 130 Å². The van der Waals surface area contributed by atoms with Crippen molar-refractivity contribution in [3.8, 4) is 0 Å².